The van der Waals surface area contributed by atoms with E-state index in [0.717, 1.165) is 5.39 Å². The van der Waals surface area contributed by atoms with Gasteiger partial charge in [-0.25, -0.2) is 15.0 Å². The van der Waals surface area contributed by atoms with Crippen LogP contribution in [0.2, 0.25) is 5.02 Å². The van der Waals surface area contributed by atoms with E-state index in [1.54, 1.807) is 46.4 Å². The number of hydrogen-bond donors (Lipinski definition) is 2. The maximum atomic E-state index is 12.5. The molecule has 4 heterocycles. The summed E-state index contributed by atoms with van der Waals surface area (Å²) in [5, 5.41) is 8.50. The molecule has 0 aliphatic rings. The van der Waals surface area contributed by atoms with E-state index in [2.05, 4.69) is 30.4 Å². The minimum Gasteiger partial charge on any atom is -0.381 e. The zero-order chi connectivity index (χ0) is 22.9. The van der Waals surface area contributed by atoms with Gasteiger partial charge in [-0.1, -0.05) is 17.7 Å². The molecule has 0 fully saturated rings. The zero-order valence-electron chi connectivity index (χ0n) is 17.5. The molecule has 0 spiro atoms. The molecule has 0 saturated carbocycles. The highest BCUT2D eigenvalue weighted by Crippen LogP contribution is 2.35. The summed E-state index contributed by atoms with van der Waals surface area (Å²) in [6.07, 6.45) is 8.32. The van der Waals surface area contributed by atoms with Crippen LogP contribution in [0.1, 0.15) is 0 Å². The Bertz CT molecular complexity index is 1480. The van der Waals surface area contributed by atoms with Crippen molar-refractivity contribution in [2.45, 2.75) is 6.54 Å². The molecule has 0 unspecified atom stereocenters. The van der Waals surface area contributed by atoms with Crippen molar-refractivity contribution in [3.05, 3.63) is 66.5 Å². The number of fused-ring (bicyclic) bond motifs is 1. The lowest BCUT2D eigenvalue weighted by Gasteiger charge is -2.13. The van der Waals surface area contributed by atoms with E-state index >= 15 is 0 Å². The number of anilines is 2. The number of aryl methyl sites for hydroxylation is 1. The monoisotopic (exact) mass is 459 g/mol. The molecule has 164 valence electrons. The number of imidazole rings is 1. The Morgan fingerprint density at radius 2 is 2.03 bits per heavy atom. The number of pyridine rings is 1. The van der Waals surface area contributed by atoms with Crippen LogP contribution in [-0.2, 0) is 18.4 Å². The lowest BCUT2D eigenvalue weighted by Crippen LogP contribution is -2.20. The lowest BCUT2D eigenvalue weighted by molar-refractivity contribution is -0.116. The van der Waals surface area contributed by atoms with Crippen LogP contribution in [0.15, 0.2) is 61.4 Å². The fourth-order valence-corrected chi connectivity index (χ4v) is 3.74. The van der Waals surface area contributed by atoms with E-state index in [9.17, 15) is 4.79 Å². The Balaban J connectivity index is 1.62. The second-order valence-corrected chi connectivity index (χ2v) is 7.75. The highest BCUT2D eigenvalue weighted by atomic mass is 35.5. The normalized spacial score (nSPS) is 11.1. The van der Waals surface area contributed by atoms with Crippen molar-refractivity contribution >= 4 is 40.0 Å². The Morgan fingerprint density at radius 3 is 2.79 bits per heavy atom. The molecule has 0 saturated heterocycles. The van der Waals surface area contributed by atoms with Crippen molar-refractivity contribution in [1.29, 1.82) is 0 Å². The number of aromatic nitrogens is 7. The predicted molar refractivity (Wildman–Crippen MR) is 125 cm³/mol. The van der Waals surface area contributed by atoms with Crippen molar-refractivity contribution < 1.29 is 4.79 Å². The third-order valence-electron chi connectivity index (χ3n) is 4.95. The van der Waals surface area contributed by atoms with Crippen molar-refractivity contribution in [3.8, 4) is 22.6 Å². The second-order valence-electron chi connectivity index (χ2n) is 7.35. The first-order valence-corrected chi connectivity index (χ1v) is 10.3. The molecule has 10 nitrogen and oxygen atoms in total. The summed E-state index contributed by atoms with van der Waals surface area (Å²) in [5.41, 5.74) is 9.09. The third kappa shape index (κ3) is 4.11. The molecule has 5 aromatic rings. The van der Waals surface area contributed by atoms with Gasteiger partial charge in [-0.2, -0.15) is 5.10 Å². The summed E-state index contributed by atoms with van der Waals surface area (Å²) in [7, 11) is 1.81. The average molecular weight is 460 g/mol. The molecule has 0 atom stereocenters. The number of hydrogen-bond acceptors (Lipinski definition) is 7. The van der Waals surface area contributed by atoms with Gasteiger partial charge in [0.25, 0.3) is 0 Å². The van der Waals surface area contributed by atoms with Gasteiger partial charge in [0.05, 0.1) is 16.9 Å². The third-order valence-corrected chi connectivity index (χ3v) is 5.24. The number of nitrogens with two attached hydrogens (primary N) is 1. The van der Waals surface area contributed by atoms with Crippen molar-refractivity contribution in [3.63, 3.8) is 0 Å². The van der Waals surface area contributed by atoms with Crippen molar-refractivity contribution in [1.82, 2.24) is 34.3 Å². The van der Waals surface area contributed by atoms with Crippen LogP contribution in [0.4, 0.5) is 11.6 Å². The molecule has 0 bridgehead atoms. The van der Waals surface area contributed by atoms with Crippen LogP contribution < -0.4 is 11.1 Å². The number of carbonyl (C=O) groups is 1. The fourth-order valence-electron chi connectivity index (χ4n) is 3.46. The molecule has 33 heavy (non-hydrogen) atoms. The molecule has 5 rings (SSSR count). The van der Waals surface area contributed by atoms with Gasteiger partial charge in [0, 0.05) is 42.8 Å². The summed E-state index contributed by atoms with van der Waals surface area (Å²) in [6.45, 7) is 0.0614. The Kier molecular flexibility index (Phi) is 5.19. The van der Waals surface area contributed by atoms with Crippen molar-refractivity contribution in [2.24, 2.45) is 7.05 Å². The number of benzene rings is 1. The topological polar surface area (TPSA) is 129 Å². The molecular formula is C22H18ClN9O. The molecule has 3 N–H and O–H groups in total. The summed E-state index contributed by atoms with van der Waals surface area (Å²) >= 11 is 6.52. The molecular weight excluding hydrogens is 442 g/mol. The summed E-state index contributed by atoms with van der Waals surface area (Å²) < 4.78 is 3.30. The van der Waals surface area contributed by atoms with Gasteiger partial charge < -0.3 is 15.6 Å². The van der Waals surface area contributed by atoms with Crippen LogP contribution in [0.3, 0.4) is 0 Å². The minimum atomic E-state index is -0.314. The van der Waals surface area contributed by atoms with E-state index in [-0.39, 0.29) is 24.1 Å². The number of nitrogens with zero attached hydrogens (tertiary/aromatic N) is 7. The molecule has 0 radical (unpaired) electrons. The van der Waals surface area contributed by atoms with Crippen LogP contribution in [0.25, 0.3) is 33.5 Å². The van der Waals surface area contributed by atoms with Crippen LogP contribution in [-0.4, -0.2) is 40.2 Å². The van der Waals surface area contributed by atoms with Crippen molar-refractivity contribution in [2.75, 3.05) is 11.1 Å². The molecule has 11 heteroatoms. The van der Waals surface area contributed by atoms with Crippen LogP contribution in [0, 0.1) is 0 Å². The van der Waals surface area contributed by atoms with Gasteiger partial charge in [0.15, 0.2) is 11.6 Å². The molecule has 0 aliphatic carbocycles. The second kappa shape index (κ2) is 8.32. The maximum absolute atomic E-state index is 12.5. The lowest BCUT2D eigenvalue weighted by atomic mass is 10.0. The average Bonchev–Trinajstić information content (AvgIpc) is 3.46. The first-order chi connectivity index (χ1) is 16.0. The largest absolute Gasteiger partial charge is 0.381 e. The smallest absolute Gasteiger partial charge is 0.245 e. The van der Waals surface area contributed by atoms with E-state index in [4.69, 9.17) is 17.3 Å². The number of rotatable bonds is 5. The first kappa shape index (κ1) is 20.6. The Hall–Kier alpha value is -4.31. The van der Waals surface area contributed by atoms with E-state index < -0.39 is 0 Å². The highest BCUT2D eigenvalue weighted by Gasteiger charge is 2.20. The van der Waals surface area contributed by atoms with E-state index in [1.807, 2.05) is 31.3 Å². The van der Waals surface area contributed by atoms with Gasteiger partial charge in [-0.3, -0.25) is 14.5 Å². The highest BCUT2D eigenvalue weighted by molar-refractivity contribution is 6.35. The number of nitrogens with one attached hydrogen (secondary N) is 1. The number of carbonyl (C=O) groups excluding carboxylic acids is 1. The molecule has 0 aliphatic heterocycles. The van der Waals surface area contributed by atoms with Gasteiger partial charge in [0.1, 0.15) is 23.6 Å². The minimum absolute atomic E-state index is 0.0614. The SMILES string of the molecule is Cn1ccc(-c2nc(N)c(NC(=O)Cn3ccnc3)nc2-c2cc(Cl)c3ncccc3c2)n1. The predicted octanol–water partition coefficient (Wildman–Crippen LogP) is 3.16. The summed E-state index contributed by atoms with van der Waals surface area (Å²) in [6, 6.07) is 9.24. The Morgan fingerprint density at radius 1 is 1.15 bits per heavy atom. The number of amides is 1. The summed E-state index contributed by atoms with van der Waals surface area (Å²) in [5.74, 6) is -0.0876. The molecule has 1 amide bonds. The first-order valence-electron chi connectivity index (χ1n) is 9.95. The van der Waals surface area contributed by atoms with Gasteiger partial charge >= 0.3 is 0 Å². The zero-order valence-corrected chi connectivity index (χ0v) is 18.2. The number of halogens is 1. The van der Waals surface area contributed by atoms with Gasteiger partial charge in [0.2, 0.25) is 5.91 Å². The molecule has 4 aromatic heterocycles. The maximum Gasteiger partial charge on any atom is 0.245 e. The fraction of sp³-hybridized carbons (Fsp3) is 0.0909. The Labute approximate surface area is 193 Å². The standard InChI is InChI=1S/C22H18ClN9O/c1-31-7-4-16(30-31)20-19(14-9-13-3-2-5-26-18(13)15(23)10-14)29-22(21(24)28-20)27-17(33)11-32-8-6-25-12-32/h2-10,12H,11H2,1H3,(H2,24,28)(H,27,29,33). The van der Waals surface area contributed by atoms with E-state index in [0.29, 0.717) is 33.2 Å². The van der Waals surface area contributed by atoms with Gasteiger partial charge in [-0.05, 0) is 24.3 Å². The van der Waals surface area contributed by atoms with Gasteiger partial charge in [-0.15, -0.1) is 0 Å². The van der Waals surface area contributed by atoms with Crippen LogP contribution in [0.5, 0.6) is 0 Å². The molecule has 1 aromatic carbocycles. The van der Waals surface area contributed by atoms with Crippen LogP contribution >= 0.6 is 11.6 Å². The quantitative estimate of drug-likeness (QED) is 0.413. The summed E-state index contributed by atoms with van der Waals surface area (Å²) in [4.78, 5) is 30.0. The van der Waals surface area contributed by atoms with E-state index in [1.165, 1.54) is 0 Å². The number of nitrogen functional groups attached to an aromatic ring is 1.